The van der Waals surface area contributed by atoms with Crippen LogP contribution in [0.15, 0.2) is 72.4 Å². The molecule has 1 N–H and O–H groups in total. The van der Waals surface area contributed by atoms with Crippen molar-refractivity contribution in [1.82, 2.24) is 0 Å². The zero-order chi connectivity index (χ0) is 22.1. The SMILES string of the molecule is CCc1ccc(N2C(=O)C(Nc3cccc(Cl)c3C)=C(c3ccc(C)cc3)C2=O)cc1. The lowest BCUT2D eigenvalue weighted by atomic mass is 10.0. The molecule has 3 aromatic carbocycles. The normalized spacial score (nSPS) is 13.9. The molecular formula is C26H23ClN2O2. The number of carbonyl (C=O) groups is 2. The standard InChI is InChI=1S/C26H23ClN2O2/c1-4-18-10-14-20(15-11-18)29-25(30)23(19-12-8-16(2)9-13-19)24(26(29)31)28-22-7-5-6-21(27)17(22)3/h5-15,28H,4H2,1-3H3. The van der Waals surface area contributed by atoms with Gasteiger partial charge in [-0.05, 0) is 61.2 Å². The summed E-state index contributed by atoms with van der Waals surface area (Å²) in [5.41, 5.74) is 5.57. The average molecular weight is 431 g/mol. The summed E-state index contributed by atoms with van der Waals surface area (Å²) in [7, 11) is 0. The van der Waals surface area contributed by atoms with Gasteiger partial charge in [0.05, 0.1) is 11.3 Å². The largest absolute Gasteiger partial charge is 0.350 e. The van der Waals surface area contributed by atoms with E-state index in [0.717, 1.165) is 23.1 Å². The highest BCUT2D eigenvalue weighted by atomic mass is 35.5. The molecule has 0 saturated heterocycles. The number of rotatable bonds is 5. The first-order valence-electron chi connectivity index (χ1n) is 10.2. The summed E-state index contributed by atoms with van der Waals surface area (Å²) in [6.45, 7) is 5.92. The third-order valence-electron chi connectivity index (χ3n) is 5.55. The number of benzene rings is 3. The minimum atomic E-state index is -0.385. The quantitative estimate of drug-likeness (QED) is 0.511. The molecular weight excluding hydrogens is 408 g/mol. The van der Waals surface area contributed by atoms with Crippen molar-refractivity contribution >= 4 is 40.4 Å². The first kappa shape index (κ1) is 20.9. The smallest absolute Gasteiger partial charge is 0.282 e. The van der Waals surface area contributed by atoms with Crippen LogP contribution in [0, 0.1) is 13.8 Å². The Morgan fingerprint density at radius 1 is 0.871 bits per heavy atom. The maximum absolute atomic E-state index is 13.5. The second kappa shape index (κ2) is 8.40. The fourth-order valence-corrected chi connectivity index (χ4v) is 3.80. The molecule has 0 unspecified atom stereocenters. The number of imide groups is 1. The van der Waals surface area contributed by atoms with Gasteiger partial charge >= 0.3 is 0 Å². The molecule has 5 heteroatoms. The second-order valence-electron chi connectivity index (χ2n) is 7.62. The van der Waals surface area contributed by atoms with Gasteiger partial charge in [0, 0.05) is 10.7 Å². The van der Waals surface area contributed by atoms with E-state index in [1.165, 1.54) is 4.90 Å². The molecule has 31 heavy (non-hydrogen) atoms. The Hall–Kier alpha value is -3.37. The third kappa shape index (κ3) is 3.87. The highest BCUT2D eigenvalue weighted by Crippen LogP contribution is 2.35. The first-order chi connectivity index (χ1) is 14.9. The van der Waals surface area contributed by atoms with Crippen LogP contribution in [0.5, 0.6) is 0 Å². The van der Waals surface area contributed by atoms with Gasteiger partial charge in [0.25, 0.3) is 11.8 Å². The predicted octanol–water partition coefficient (Wildman–Crippen LogP) is 5.92. The average Bonchev–Trinajstić information content (AvgIpc) is 3.01. The van der Waals surface area contributed by atoms with Crippen molar-refractivity contribution in [1.29, 1.82) is 0 Å². The first-order valence-corrected chi connectivity index (χ1v) is 10.6. The van der Waals surface area contributed by atoms with Gasteiger partial charge in [-0.15, -0.1) is 0 Å². The topological polar surface area (TPSA) is 49.4 Å². The van der Waals surface area contributed by atoms with Crippen molar-refractivity contribution in [3.05, 3.63) is 99.7 Å². The third-order valence-corrected chi connectivity index (χ3v) is 5.96. The monoisotopic (exact) mass is 430 g/mol. The second-order valence-corrected chi connectivity index (χ2v) is 8.03. The number of nitrogens with zero attached hydrogens (tertiary/aromatic N) is 1. The molecule has 4 rings (SSSR count). The predicted molar refractivity (Wildman–Crippen MR) is 126 cm³/mol. The molecule has 1 heterocycles. The lowest BCUT2D eigenvalue weighted by Crippen LogP contribution is -2.32. The maximum atomic E-state index is 13.5. The Morgan fingerprint density at radius 2 is 1.55 bits per heavy atom. The van der Waals surface area contributed by atoms with Gasteiger partial charge in [-0.3, -0.25) is 9.59 Å². The summed E-state index contributed by atoms with van der Waals surface area (Å²) < 4.78 is 0. The van der Waals surface area contributed by atoms with Crippen LogP contribution in [-0.4, -0.2) is 11.8 Å². The van der Waals surface area contributed by atoms with Crippen molar-refractivity contribution in [3.8, 4) is 0 Å². The Kier molecular flexibility index (Phi) is 5.66. The van der Waals surface area contributed by atoms with E-state index in [4.69, 9.17) is 11.6 Å². The van der Waals surface area contributed by atoms with E-state index < -0.39 is 0 Å². The van der Waals surface area contributed by atoms with Gasteiger partial charge in [0.2, 0.25) is 0 Å². The van der Waals surface area contributed by atoms with E-state index in [-0.39, 0.29) is 17.5 Å². The summed E-state index contributed by atoms with van der Waals surface area (Å²) in [4.78, 5) is 28.2. The molecule has 0 aromatic heterocycles. The maximum Gasteiger partial charge on any atom is 0.282 e. The van der Waals surface area contributed by atoms with Crippen molar-refractivity contribution in [2.24, 2.45) is 0 Å². The molecule has 1 aliphatic heterocycles. The minimum Gasteiger partial charge on any atom is -0.350 e. The fraction of sp³-hybridized carbons (Fsp3) is 0.154. The Bertz CT molecular complexity index is 1200. The van der Waals surface area contributed by atoms with E-state index in [2.05, 4.69) is 12.2 Å². The van der Waals surface area contributed by atoms with Gasteiger partial charge in [0.15, 0.2) is 0 Å². The van der Waals surface area contributed by atoms with Crippen LogP contribution in [0.4, 0.5) is 11.4 Å². The number of halogens is 1. The molecule has 1 aliphatic rings. The van der Waals surface area contributed by atoms with E-state index in [0.29, 0.717) is 27.5 Å². The molecule has 3 aromatic rings. The summed E-state index contributed by atoms with van der Waals surface area (Å²) in [5, 5.41) is 3.79. The summed E-state index contributed by atoms with van der Waals surface area (Å²) in [5.74, 6) is -0.732. The van der Waals surface area contributed by atoms with Crippen LogP contribution in [0.1, 0.15) is 29.2 Å². The zero-order valence-electron chi connectivity index (χ0n) is 17.7. The molecule has 0 fully saturated rings. The molecule has 4 nitrogen and oxygen atoms in total. The van der Waals surface area contributed by atoms with Gasteiger partial charge < -0.3 is 5.32 Å². The number of nitrogens with one attached hydrogen (secondary N) is 1. The van der Waals surface area contributed by atoms with Gasteiger partial charge in [-0.2, -0.15) is 0 Å². The Balaban J connectivity index is 1.82. The summed E-state index contributed by atoms with van der Waals surface area (Å²) in [6.07, 6.45) is 0.885. The lowest BCUT2D eigenvalue weighted by Gasteiger charge is -2.16. The summed E-state index contributed by atoms with van der Waals surface area (Å²) >= 11 is 6.27. The number of aryl methyl sites for hydroxylation is 2. The number of hydrogen-bond acceptors (Lipinski definition) is 3. The minimum absolute atomic E-state index is 0.249. The number of hydrogen-bond donors (Lipinski definition) is 1. The van der Waals surface area contributed by atoms with Crippen LogP contribution in [-0.2, 0) is 16.0 Å². The number of amides is 2. The van der Waals surface area contributed by atoms with Gasteiger partial charge in [0.1, 0.15) is 5.70 Å². The van der Waals surface area contributed by atoms with Crippen molar-refractivity contribution in [3.63, 3.8) is 0 Å². The molecule has 0 radical (unpaired) electrons. The molecule has 0 atom stereocenters. The molecule has 156 valence electrons. The number of carbonyl (C=O) groups excluding carboxylic acids is 2. The van der Waals surface area contributed by atoms with Crippen LogP contribution in [0.25, 0.3) is 5.57 Å². The Labute approximate surface area is 187 Å². The van der Waals surface area contributed by atoms with E-state index in [1.54, 1.807) is 6.07 Å². The summed E-state index contributed by atoms with van der Waals surface area (Å²) in [6, 6.07) is 20.6. The number of anilines is 2. The van der Waals surface area contributed by atoms with Gasteiger partial charge in [-0.25, -0.2) is 4.90 Å². The molecule has 0 bridgehead atoms. The van der Waals surface area contributed by atoms with Crippen molar-refractivity contribution in [2.75, 3.05) is 10.2 Å². The highest BCUT2D eigenvalue weighted by Gasteiger charge is 2.40. The van der Waals surface area contributed by atoms with Crippen molar-refractivity contribution < 1.29 is 9.59 Å². The Morgan fingerprint density at radius 3 is 2.19 bits per heavy atom. The molecule has 2 amide bonds. The van der Waals surface area contributed by atoms with E-state index in [1.807, 2.05) is 74.5 Å². The van der Waals surface area contributed by atoms with Crippen LogP contribution >= 0.6 is 11.6 Å². The fourth-order valence-electron chi connectivity index (χ4n) is 3.63. The van der Waals surface area contributed by atoms with Crippen LogP contribution in [0.2, 0.25) is 5.02 Å². The van der Waals surface area contributed by atoms with Crippen LogP contribution in [0.3, 0.4) is 0 Å². The van der Waals surface area contributed by atoms with Crippen molar-refractivity contribution in [2.45, 2.75) is 27.2 Å². The highest BCUT2D eigenvalue weighted by molar-refractivity contribution is 6.46. The van der Waals surface area contributed by atoms with Crippen LogP contribution < -0.4 is 10.2 Å². The van der Waals surface area contributed by atoms with Gasteiger partial charge in [-0.1, -0.05) is 66.6 Å². The van der Waals surface area contributed by atoms with E-state index in [9.17, 15) is 9.59 Å². The molecule has 0 saturated carbocycles. The lowest BCUT2D eigenvalue weighted by molar-refractivity contribution is -0.120. The van der Waals surface area contributed by atoms with E-state index >= 15 is 0 Å². The zero-order valence-corrected chi connectivity index (χ0v) is 18.5. The molecule has 0 aliphatic carbocycles. The molecule has 0 spiro atoms.